The van der Waals surface area contributed by atoms with Crippen LogP contribution in [-0.2, 0) is 6.42 Å². The molecule has 5 heteroatoms. The fraction of sp³-hybridized carbons (Fsp3) is 0.444. The lowest BCUT2D eigenvalue weighted by atomic mass is 10.1. The molecule has 5 nitrogen and oxygen atoms in total. The maximum absolute atomic E-state index is 12.8. The molecule has 0 radical (unpaired) electrons. The van der Waals surface area contributed by atoms with Crippen molar-refractivity contribution in [3.63, 3.8) is 0 Å². The molecule has 1 aromatic heterocycles. The smallest absolute Gasteiger partial charge is 0.257 e. The molecule has 1 amide bonds. The normalized spacial score (nSPS) is 11.0. The van der Waals surface area contributed by atoms with Crippen LogP contribution in [0.2, 0.25) is 0 Å². The molecule has 2 aromatic rings. The van der Waals surface area contributed by atoms with Gasteiger partial charge in [-0.3, -0.25) is 9.48 Å². The first kappa shape index (κ1) is 17.2. The van der Waals surface area contributed by atoms with Crippen LogP contribution in [0, 0.1) is 6.92 Å². The molecule has 0 fully saturated rings. The molecule has 1 heterocycles. The summed E-state index contributed by atoms with van der Waals surface area (Å²) in [6, 6.07) is 10.3. The second kappa shape index (κ2) is 7.92. The van der Waals surface area contributed by atoms with Crippen LogP contribution in [0.15, 0.2) is 36.5 Å². The fourth-order valence-corrected chi connectivity index (χ4v) is 2.67. The van der Waals surface area contributed by atoms with E-state index in [0.717, 1.165) is 12.1 Å². The predicted molar refractivity (Wildman–Crippen MR) is 90.5 cm³/mol. The average molecular weight is 315 g/mol. The van der Waals surface area contributed by atoms with Crippen LogP contribution in [0.1, 0.15) is 41.5 Å². The van der Waals surface area contributed by atoms with E-state index in [1.807, 2.05) is 55.8 Å². The van der Waals surface area contributed by atoms with E-state index in [9.17, 15) is 9.90 Å². The zero-order valence-corrected chi connectivity index (χ0v) is 14.1. The Balaban J connectivity index is 2.12. The van der Waals surface area contributed by atoms with Gasteiger partial charge in [0.05, 0.1) is 18.4 Å². The Labute approximate surface area is 137 Å². The van der Waals surface area contributed by atoms with Crippen LogP contribution in [0.25, 0.3) is 0 Å². The van der Waals surface area contributed by atoms with Crippen molar-refractivity contribution in [3.8, 4) is 0 Å². The van der Waals surface area contributed by atoms with E-state index < -0.39 is 0 Å². The third kappa shape index (κ3) is 4.20. The standard InChI is InChI=1S/C18H25N3O2/c1-14(2)21-15(3)17(13-19-21)18(23)20(11-12-22)10-9-16-7-5-4-6-8-16/h4-8,13-14,22H,9-12H2,1-3H3. The predicted octanol–water partition coefficient (Wildman–Crippen LogP) is 2.45. The van der Waals surface area contributed by atoms with Gasteiger partial charge in [0.25, 0.3) is 5.91 Å². The third-order valence-corrected chi connectivity index (χ3v) is 3.93. The molecular formula is C18H25N3O2. The van der Waals surface area contributed by atoms with Crippen molar-refractivity contribution in [1.29, 1.82) is 0 Å². The lowest BCUT2D eigenvalue weighted by molar-refractivity contribution is 0.0723. The van der Waals surface area contributed by atoms with Crippen LogP contribution in [0.5, 0.6) is 0 Å². The molecule has 23 heavy (non-hydrogen) atoms. The Morgan fingerprint density at radius 3 is 2.52 bits per heavy atom. The molecule has 0 aliphatic carbocycles. The van der Waals surface area contributed by atoms with Crippen molar-refractivity contribution in [2.24, 2.45) is 0 Å². The van der Waals surface area contributed by atoms with Crippen LogP contribution in [0.4, 0.5) is 0 Å². The maximum Gasteiger partial charge on any atom is 0.257 e. The highest BCUT2D eigenvalue weighted by molar-refractivity contribution is 5.95. The van der Waals surface area contributed by atoms with Crippen molar-refractivity contribution in [1.82, 2.24) is 14.7 Å². The summed E-state index contributed by atoms with van der Waals surface area (Å²) in [5.74, 6) is -0.0700. The summed E-state index contributed by atoms with van der Waals surface area (Å²) in [5.41, 5.74) is 2.66. The molecule has 2 rings (SSSR count). The molecule has 0 atom stereocenters. The fourth-order valence-electron chi connectivity index (χ4n) is 2.67. The topological polar surface area (TPSA) is 58.4 Å². The van der Waals surface area contributed by atoms with Crippen molar-refractivity contribution in [2.75, 3.05) is 19.7 Å². The Bertz CT molecular complexity index is 635. The molecule has 0 saturated carbocycles. The second-order valence-electron chi connectivity index (χ2n) is 5.93. The Morgan fingerprint density at radius 1 is 1.26 bits per heavy atom. The number of amides is 1. The summed E-state index contributed by atoms with van der Waals surface area (Å²) in [4.78, 5) is 14.5. The quantitative estimate of drug-likeness (QED) is 0.854. The molecule has 1 aromatic carbocycles. The van der Waals surface area contributed by atoms with E-state index in [2.05, 4.69) is 5.10 Å². The van der Waals surface area contributed by atoms with Gasteiger partial charge in [0.2, 0.25) is 0 Å². The maximum atomic E-state index is 12.8. The Kier molecular flexibility index (Phi) is 5.93. The highest BCUT2D eigenvalue weighted by Crippen LogP contribution is 2.15. The number of carbonyl (C=O) groups excluding carboxylic acids is 1. The molecule has 124 valence electrons. The van der Waals surface area contributed by atoms with Crippen LogP contribution >= 0.6 is 0 Å². The third-order valence-electron chi connectivity index (χ3n) is 3.93. The highest BCUT2D eigenvalue weighted by Gasteiger charge is 2.21. The molecular weight excluding hydrogens is 290 g/mol. The van der Waals surface area contributed by atoms with Gasteiger partial charge in [-0.1, -0.05) is 30.3 Å². The van der Waals surface area contributed by atoms with Crippen molar-refractivity contribution >= 4 is 5.91 Å². The van der Waals surface area contributed by atoms with E-state index >= 15 is 0 Å². The number of benzene rings is 1. The number of hydrogen-bond acceptors (Lipinski definition) is 3. The molecule has 0 saturated heterocycles. The largest absolute Gasteiger partial charge is 0.395 e. The van der Waals surface area contributed by atoms with Crippen LogP contribution in [-0.4, -0.2) is 45.4 Å². The van der Waals surface area contributed by atoms with Gasteiger partial charge in [-0.25, -0.2) is 0 Å². The summed E-state index contributed by atoms with van der Waals surface area (Å²) in [7, 11) is 0. The van der Waals surface area contributed by atoms with Crippen LogP contribution in [0.3, 0.4) is 0 Å². The Hall–Kier alpha value is -2.14. The van der Waals surface area contributed by atoms with Crippen molar-refractivity contribution in [2.45, 2.75) is 33.2 Å². The van der Waals surface area contributed by atoms with Gasteiger partial charge >= 0.3 is 0 Å². The zero-order chi connectivity index (χ0) is 16.8. The molecule has 0 aliphatic heterocycles. The molecule has 0 unspecified atom stereocenters. The summed E-state index contributed by atoms with van der Waals surface area (Å²) < 4.78 is 1.85. The van der Waals surface area contributed by atoms with Crippen molar-refractivity contribution in [3.05, 3.63) is 53.3 Å². The summed E-state index contributed by atoms with van der Waals surface area (Å²) in [5, 5.41) is 13.6. The minimum Gasteiger partial charge on any atom is -0.395 e. The lowest BCUT2D eigenvalue weighted by Crippen LogP contribution is -2.35. The second-order valence-corrected chi connectivity index (χ2v) is 5.93. The number of carbonyl (C=O) groups is 1. The van der Waals surface area contributed by atoms with E-state index in [4.69, 9.17) is 0 Å². The van der Waals surface area contributed by atoms with E-state index in [-0.39, 0.29) is 18.6 Å². The van der Waals surface area contributed by atoms with Gasteiger partial charge in [-0.15, -0.1) is 0 Å². The van der Waals surface area contributed by atoms with Crippen LogP contribution < -0.4 is 0 Å². The number of hydrogen-bond donors (Lipinski definition) is 1. The molecule has 1 N–H and O–H groups in total. The first-order valence-electron chi connectivity index (χ1n) is 8.02. The summed E-state index contributed by atoms with van der Waals surface area (Å²) in [6.07, 6.45) is 2.40. The van der Waals surface area contributed by atoms with E-state index in [1.54, 1.807) is 11.1 Å². The van der Waals surface area contributed by atoms with E-state index in [1.165, 1.54) is 5.56 Å². The van der Waals surface area contributed by atoms with Gasteiger partial charge in [0.1, 0.15) is 0 Å². The molecule has 0 bridgehead atoms. The van der Waals surface area contributed by atoms with Gasteiger partial charge in [0.15, 0.2) is 0 Å². The Morgan fingerprint density at radius 2 is 1.96 bits per heavy atom. The summed E-state index contributed by atoms with van der Waals surface area (Å²) in [6.45, 7) is 6.85. The number of aromatic nitrogens is 2. The average Bonchev–Trinajstić information content (AvgIpc) is 2.93. The SMILES string of the molecule is Cc1c(C(=O)N(CCO)CCc2ccccc2)cnn1C(C)C. The van der Waals surface area contributed by atoms with Gasteiger partial charge in [-0.05, 0) is 32.8 Å². The zero-order valence-electron chi connectivity index (χ0n) is 14.1. The monoisotopic (exact) mass is 315 g/mol. The minimum absolute atomic E-state index is 0.0438. The molecule has 0 aliphatic rings. The minimum atomic E-state index is -0.0700. The van der Waals surface area contributed by atoms with E-state index in [0.29, 0.717) is 18.7 Å². The first-order chi connectivity index (χ1) is 11.0. The molecule has 0 spiro atoms. The summed E-state index contributed by atoms with van der Waals surface area (Å²) >= 11 is 0. The van der Waals surface area contributed by atoms with Crippen molar-refractivity contribution < 1.29 is 9.90 Å². The number of rotatable bonds is 7. The van der Waals surface area contributed by atoms with Gasteiger partial charge in [-0.2, -0.15) is 5.10 Å². The first-order valence-corrected chi connectivity index (χ1v) is 8.02. The number of aliphatic hydroxyl groups excluding tert-OH is 1. The lowest BCUT2D eigenvalue weighted by Gasteiger charge is -2.22. The number of aliphatic hydroxyl groups is 1. The van der Waals surface area contributed by atoms with Gasteiger partial charge in [0, 0.05) is 24.8 Å². The number of nitrogens with zero attached hydrogens (tertiary/aromatic N) is 3. The van der Waals surface area contributed by atoms with Gasteiger partial charge < -0.3 is 10.0 Å². The highest BCUT2D eigenvalue weighted by atomic mass is 16.3.